The van der Waals surface area contributed by atoms with Gasteiger partial charge in [0, 0.05) is 9.50 Å². The first-order valence-electron chi connectivity index (χ1n) is 4.91. The lowest BCUT2D eigenvalue weighted by atomic mass is 10.2. The summed E-state index contributed by atoms with van der Waals surface area (Å²) >= 11 is 5.66. The topological polar surface area (TPSA) is 25.8 Å². The zero-order chi connectivity index (χ0) is 11.1. The normalized spacial score (nSPS) is 15.2. The molecule has 60 valence electrons. The third-order valence-corrected chi connectivity index (χ3v) is 1.74. The van der Waals surface area contributed by atoms with E-state index in [4.69, 9.17) is 15.7 Å². The van der Waals surface area contributed by atoms with E-state index in [2.05, 4.69) is 9.97 Å². The largest absolute Gasteiger partial charge is 0.223 e. The van der Waals surface area contributed by atoms with Crippen LogP contribution in [0.1, 0.15) is 9.81 Å². The monoisotopic (exact) mass is 181 g/mol. The average Bonchev–Trinajstić information content (AvgIpc) is 2.15. The van der Waals surface area contributed by atoms with Crippen molar-refractivity contribution in [3.8, 4) is 0 Å². The Labute approximate surface area is 79.4 Å². The first-order valence-corrected chi connectivity index (χ1v) is 3.79. The fourth-order valence-corrected chi connectivity index (χ4v) is 1.22. The number of fused-ring (bicyclic) bond motifs is 1. The summed E-state index contributed by atoms with van der Waals surface area (Å²) in [6, 6.07) is 6.90. The molecule has 0 aliphatic rings. The molecule has 1 heterocycles. The summed E-state index contributed by atoms with van der Waals surface area (Å²) in [5, 5.41) is 0.474. The number of benzene rings is 1. The molecule has 0 unspecified atom stereocenters. The van der Waals surface area contributed by atoms with Crippen molar-refractivity contribution in [2.24, 2.45) is 0 Å². The zero-order valence-corrected chi connectivity index (χ0v) is 6.84. The standard InChI is InChI=1S/C9H7ClN2/c1-6-7-4-2-3-5-8(7)12-9(10)11-6/h2-5H,1H3/i1D3. The molecule has 0 amide bonds. The van der Waals surface area contributed by atoms with Crippen LogP contribution in [0.25, 0.3) is 10.9 Å². The SMILES string of the molecule is [2H]C([2H])([2H])c1nc(Cl)nc2ccccc12. The number of rotatable bonds is 0. The molecule has 12 heavy (non-hydrogen) atoms. The fraction of sp³-hybridized carbons (Fsp3) is 0.111. The summed E-state index contributed by atoms with van der Waals surface area (Å²) < 4.78 is 22.0. The van der Waals surface area contributed by atoms with Gasteiger partial charge in [0.05, 0.1) is 11.2 Å². The molecule has 2 aromatic rings. The van der Waals surface area contributed by atoms with Gasteiger partial charge < -0.3 is 0 Å². The molecule has 0 aliphatic heterocycles. The Morgan fingerprint density at radius 1 is 1.33 bits per heavy atom. The van der Waals surface area contributed by atoms with Crippen LogP contribution >= 0.6 is 11.6 Å². The third-order valence-electron chi connectivity index (χ3n) is 1.58. The maximum atomic E-state index is 7.34. The van der Waals surface area contributed by atoms with Crippen molar-refractivity contribution < 1.29 is 4.11 Å². The van der Waals surface area contributed by atoms with Crippen molar-refractivity contribution in [2.45, 2.75) is 6.85 Å². The summed E-state index contributed by atoms with van der Waals surface area (Å²) in [7, 11) is 0. The van der Waals surface area contributed by atoms with E-state index in [9.17, 15) is 0 Å². The van der Waals surface area contributed by atoms with E-state index >= 15 is 0 Å². The molecule has 0 radical (unpaired) electrons. The first-order chi connectivity index (χ1) is 6.98. The van der Waals surface area contributed by atoms with Gasteiger partial charge >= 0.3 is 0 Å². The Hall–Kier alpha value is -1.15. The number of aryl methyl sites for hydroxylation is 1. The highest BCUT2D eigenvalue weighted by Gasteiger charge is 2.00. The molecule has 0 fully saturated rings. The number of para-hydroxylation sites is 1. The number of hydrogen-bond donors (Lipinski definition) is 0. The van der Waals surface area contributed by atoms with Gasteiger partial charge in [0.2, 0.25) is 5.28 Å². The Morgan fingerprint density at radius 3 is 3.00 bits per heavy atom. The highest BCUT2D eigenvalue weighted by molar-refractivity contribution is 6.28. The smallest absolute Gasteiger partial charge is 0.223 e. The van der Waals surface area contributed by atoms with E-state index in [-0.39, 0.29) is 11.0 Å². The summed E-state index contributed by atoms with van der Waals surface area (Å²) in [4.78, 5) is 7.72. The summed E-state index contributed by atoms with van der Waals surface area (Å²) in [6.07, 6.45) is 0. The maximum absolute atomic E-state index is 7.34. The molecule has 0 bridgehead atoms. The fourth-order valence-electron chi connectivity index (χ4n) is 1.05. The minimum atomic E-state index is -2.27. The van der Waals surface area contributed by atoms with Gasteiger partial charge in [-0.2, -0.15) is 0 Å². The van der Waals surface area contributed by atoms with Gasteiger partial charge in [-0.1, -0.05) is 18.2 Å². The van der Waals surface area contributed by atoms with E-state index in [0.717, 1.165) is 0 Å². The van der Waals surface area contributed by atoms with E-state index in [1.54, 1.807) is 24.3 Å². The highest BCUT2D eigenvalue weighted by atomic mass is 35.5. The van der Waals surface area contributed by atoms with Crippen LogP contribution in [-0.4, -0.2) is 9.97 Å². The molecule has 1 aromatic heterocycles. The molecule has 1 aromatic carbocycles. The van der Waals surface area contributed by atoms with Gasteiger partial charge in [0.1, 0.15) is 0 Å². The third kappa shape index (κ3) is 1.14. The number of hydrogen-bond acceptors (Lipinski definition) is 2. The number of aromatic nitrogens is 2. The highest BCUT2D eigenvalue weighted by Crippen LogP contribution is 2.15. The molecule has 0 atom stereocenters. The quantitative estimate of drug-likeness (QED) is 0.584. The van der Waals surface area contributed by atoms with Gasteiger partial charge in [0.25, 0.3) is 0 Å². The second kappa shape index (κ2) is 2.72. The Kier molecular flexibility index (Phi) is 1.08. The summed E-state index contributed by atoms with van der Waals surface area (Å²) in [5.74, 6) is 0. The second-order valence-electron chi connectivity index (χ2n) is 2.36. The van der Waals surface area contributed by atoms with Gasteiger partial charge in [-0.25, -0.2) is 9.97 Å². The van der Waals surface area contributed by atoms with Crippen LogP contribution in [0, 0.1) is 6.85 Å². The molecule has 2 nitrogen and oxygen atoms in total. The van der Waals surface area contributed by atoms with Crippen LogP contribution in [0.2, 0.25) is 5.28 Å². The predicted molar refractivity (Wildman–Crippen MR) is 49.3 cm³/mol. The molecular formula is C9H7ClN2. The second-order valence-corrected chi connectivity index (χ2v) is 2.70. The average molecular weight is 182 g/mol. The van der Waals surface area contributed by atoms with Crippen LogP contribution in [0.4, 0.5) is 0 Å². The maximum Gasteiger partial charge on any atom is 0.223 e. The molecule has 0 spiro atoms. The molecule has 0 N–H and O–H groups in total. The van der Waals surface area contributed by atoms with Crippen LogP contribution < -0.4 is 0 Å². The zero-order valence-electron chi connectivity index (χ0n) is 9.08. The van der Waals surface area contributed by atoms with Crippen LogP contribution in [0.15, 0.2) is 24.3 Å². The van der Waals surface area contributed by atoms with Crippen LogP contribution in [0.5, 0.6) is 0 Å². The molecule has 0 aliphatic carbocycles. The Bertz CT molecular complexity index is 510. The molecule has 2 rings (SSSR count). The van der Waals surface area contributed by atoms with Crippen molar-refractivity contribution in [1.29, 1.82) is 0 Å². The summed E-state index contributed by atoms with van der Waals surface area (Å²) in [6.45, 7) is -2.27. The first kappa shape index (κ1) is 4.77. The van der Waals surface area contributed by atoms with E-state index in [1.807, 2.05) is 0 Å². The van der Waals surface area contributed by atoms with Gasteiger partial charge in [0.15, 0.2) is 0 Å². The van der Waals surface area contributed by atoms with E-state index in [0.29, 0.717) is 10.9 Å². The number of halogens is 1. The van der Waals surface area contributed by atoms with Crippen LogP contribution in [0.3, 0.4) is 0 Å². The number of nitrogens with zero attached hydrogens (tertiary/aromatic N) is 2. The molecule has 0 saturated carbocycles. The summed E-state index contributed by atoms with van der Waals surface area (Å²) in [5.41, 5.74) is 0.543. The lowest BCUT2D eigenvalue weighted by Gasteiger charge is -1.99. The van der Waals surface area contributed by atoms with Crippen molar-refractivity contribution >= 4 is 22.5 Å². The molecule has 3 heteroatoms. The van der Waals surface area contributed by atoms with Crippen LogP contribution in [-0.2, 0) is 0 Å². The van der Waals surface area contributed by atoms with Gasteiger partial charge in [-0.3, -0.25) is 0 Å². The van der Waals surface area contributed by atoms with Crippen molar-refractivity contribution in [2.75, 3.05) is 0 Å². The predicted octanol–water partition coefficient (Wildman–Crippen LogP) is 2.59. The minimum absolute atomic E-state index is 0.00176. The lowest BCUT2D eigenvalue weighted by molar-refractivity contribution is 1.15. The minimum Gasteiger partial charge on any atom is -0.223 e. The van der Waals surface area contributed by atoms with E-state index in [1.165, 1.54) is 0 Å². The van der Waals surface area contributed by atoms with Crippen molar-refractivity contribution in [3.05, 3.63) is 35.2 Å². The molecule has 0 saturated heterocycles. The van der Waals surface area contributed by atoms with Gasteiger partial charge in [-0.05, 0) is 24.5 Å². The van der Waals surface area contributed by atoms with E-state index < -0.39 is 6.85 Å². The Morgan fingerprint density at radius 2 is 2.17 bits per heavy atom. The Balaban J connectivity index is 2.83. The van der Waals surface area contributed by atoms with Gasteiger partial charge in [-0.15, -0.1) is 0 Å². The van der Waals surface area contributed by atoms with Crippen molar-refractivity contribution in [1.82, 2.24) is 9.97 Å². The lowest BCUT2D eigenvalue weighted by Crippen LogP contribution is -1.88. The molecular weight excluding hydrogens is 172 g/mol. The van der Waals surface area contributed by atoms with Crippen molar-refractivity contribution in [3.63, 3.8) is 0 Å².